The van der Waals surface area contributed by atoms with Gasteiger partial charge in [0.2, 0.25) is 0 Å². The summed E-state index contributed by atoms with van der Waals surface area (Å²) < 4.78 is 79.2. The second-order valence-corrected chi connectivity index (χ2v) is 21.1. The normalized spacial score (nSPS) is 22.0. The van der Waals surface area contributed by atoms with Crippen LogP contribution in [0.4, 0.5) is 26.3 Å². The van der Waals surface area contributed by atoms with Gasteiger partial charge < -0.3 is 4.74 Å². The molecule has 8 rings (SSSR count). The molecule has 0 heterocycles. The first kappa shape index (κ1) is 55.9. The maximum absolute atomic E-state index is 14.1. The van der Waals surface area contributed by atoms with Crippen molar-refractivity contribution in [3.8, 4) is 16.9 Å². The summed E-state index contributed by atoms with van der Waals surface area (Å²) in [6, 6.07) is 38.8. The average Bonchev–Trinajstić information content (AvgIpc) is 3.41. The van der Waals surface area contributed by atoms with Crippen molar-refractivity contribution in [3.05, 3.63) is 190 Å². The molecule has 0 N–H and O–H groups in total. The Morgan fingerprint density at radius 1 is 0.568 bits per heavy atom. The fourth-order valence-corrected chi connectivity index (χ4v) is 11.7. The van der Waals surface area contributed by atoms with Crippen molar-refractivity contribution in [1.82, 2.24) is 0 Å². The molecule has 74 heavy (non-hydrogen) atoms. The van der Waals surface area contributed by atoms with Crippen LogP contribution < -0.4 is 4.74 Å². The number of hydrogen-bond acceptors (Lipinski definition) is 1. The highest BCUT2D eigenvalue weighted by atomic mass is 19.4. The number of hydrogen-bond donors (Lipinski definition) is 0. The molecule has 1 nitrogen and oxygen atoms in total. The Bertz CT molecular complexity index is 2590. The number of rotatable bonds is 17. The SMILES string of the molecule is CC=Cc1ccc(/C=C/C2CCC(C3CCC(c4ccc(OC(F)(F)F)c(F)c4)CC3)CC2)cc1.CCCC(C)C1CCC(c2ccc(-c3ccc(/C=C/c4ccc(/C=C/CCC=C(F)F)cc4)cc3)cc2)CC1. The summed E-state index contributed by atoms with van der Waals surface area (Å²) >= 11 is 0. The summed E-state index contributed by atoms with van der Waals surface area (Å²) in [7, 11) is 0. The van der Waals surface area contributed by atoms with Crippen LogP contribution in [0.25, 0.3) is 41.5 Å². The molecule has 7 heteroatoms. The molecular weight excluding hydrogens is 935 g/mol. The molecule has 3 saturated carbocycles. The van der Waals surface area contributed by atoms with Crippen LogP contribution in [-0.4, -0.2) is 6.36 Å². The van der Waals surface area contributed by atoms with Gasteiger partial charge in [-0.15, -0.1) is 13.2 Å². The lowest BCUT2D eigenvalue weighted by Crippen LogP contribution is -2.25. The average molecular weight is 1010 g/mol. The first-order valence-electron chi connectivity index (χ1n) is 27.4. The van der Waals surface area contributed by atoms with Crippen molar-refractivity contribution in [2.24, 2.45) is 29.6 Å². The number of ether oxygens (including phenoxy) is 1. The van der Waals surface area contributed by atoms with Gasteiger partial charge in [0, 0.05) is 0 Å². The van der Waals surface area contributed by atoms with Crippen molar-refractivity contribution in [2.45, 2.75) is 142 Å². The minimum absolute atomic E-state index is 0.208. The lowest BCUT2D eigenvalue weighted by atomic mass is 9.68. The lowest BCUT2D eigenvalue weighted by molar-refractivity contribution is -0.275. The molecule has 392 valence electrons. The number of alkyl halides is 3. The highest BCUT2D eigenvalue weighted by Gasteiger charge is 2.34. The summed E-state index contributed by atoms with van der Waals surface area (Å²) in [6.07, 6.45) is 29.6. The third-order valence-corrected chi connectivity index (χ3v) is 16.1. The van der Waals surface area contributed by atoms with Crippen LogP contribution in [0.5, 0.6) is 5.75 Å². The van der Waals surface area contributed by atoms with Crippen molar-refractivity contribution in [3.63, 3.8) is 0 Å². The minimum Gasteiger partial charge on any atom is -0.403 e. The fraction of sp³-hybridized carbons (Fsp3) is 0.403. The first-order valence-corrected chi connectivity index (χ1v) is 27.4. The Morgan fingerprint density at radius 3 is 1.57 bits per heavy atom. The maximum Gasteiger partial charge on any atom is 0.573 e. The molecule has 0 bridgehead atoms. The zero-order valence-corrected chi connectivity index (χ0v) is 43.7. The molecule has 0 saturated heterocycles. The Kier molecular flexibility index (Phi) is 21.3. The number of benzene rings is 5. The van der Waals surface area contributed by atoms with Crippen LogP contribution in [-0.2, 0) is 0 Å². The van der Waals surface area contributed by atoms with Crippen LogP contribution >= 0.6 is 0 Å². The van der Waals surface area contributed by atoms with Gasteiger partial charge in [-0.05, 0) is 207 Å². The molecule has 0 aromatic heterocycles. The Morgan fingerprint density at radius 2 is 1.04 bits per heavy atom. The van der Waals surface area contributed by atoms with E-state index in [1.807, 2.05) is 37.3 Å². The molecule has 1 atom stereocenters. The van der Waals surface area contributed by atoms with Crippen molar-refractivity contribution < 1.29 is 31.1 Å². The third-order valence-electron chi connectivity index (χ3n) is 16.1. The lowest BCUT2D eigenvalue weighted by Gasteiger charge is -2.37. The number of unbranched alkanes of at least 4 members (excludes halogenated alkanes) is 1. The van der Waals surface area contributed by atoms with E-state index < -0.39 is 24.0 Å². The van der Waals surface area contributed by atoms with E-state index >= 15 is 0 Å². The predicted octanol–water partition coefficient (Wildman–Crippen LogP) is 21.4. The zero-order valence-electron chi connectivity index (χ0n) is 43.7. The smallest absolute Gasteiger partial charge is 0.403 e. The van der Waals surface area contributed by atoms with Crippen molar-refractivity contribution in [1.29, 1.82) is 0 Å². The van der Waals surface area contributed by atoms with Crippen LogP contribution in [0.3, 0.4) is 0 Å². The van der Waals surface area contributed by atoms with E-state index in [1.165, 1.54) is 104 Å². The van der Waals surface area contributed by atoms with Crippen LogP contribution in [0.1, 0.15) is 174 Å². The van der Waals surface area contributed by atoms with Gasteiger partial charge in [0.05, 0.1) is 0 Å². The molecule has 0 radical (unpaired) electrons. The predicted molar refractivity (Wildman–Crippen MR) is 298 cm³/mol. The number of halogens is 6. The Labute approximate surface area is 438 Å². The highest BCUT2D eigenvalue weighted by Crippen LogP contribution is 2.45. The van der Waals surface area contributed by atoms with Crippen LogP contribution in [0.2, 0.25) is 0 Å². The third kappa shape index (κ3) is 17.7. The fourth-order valence-electron chi connectivity index (χ4n) is 11.7. The van der Waals surface area contributed by atoms with E-state index in [2.05, 4.69) is 134 Å². The van der Waals surface area contributed by atoms with Gasteiger partial charge in [-0.1, -0.05) is 178 Å². The Hall–Kier alpha value is -5.82. The summed E-state index contributed by atoms with van der Waals surface area (Å²) in [4.78, 5) is 0. The molecule has 1 unspecified atom stereocenters. The van der Waals surface area contributed by atoms with E-state index in [1.54, 1.807) is 6.07 Å². The standard InChI is InChI=1S/C37H42F2.C30H34F4O/c1-3-7-28(2)32-20-22-34(23-21-32)36-26-24-35(25-27-36)33-18-16-31(17-19-33)15-14-30-12-10-29(11-13-30)8-5-4-6-9-37(38)39;1-2-3-21-4-6-22(7-5-21)8-9-23-10-12-24(13-11-23)25-14-16-26(17-15-25)27-18-19-29(28(31)20-27)35-30(32,33)34/h5,8-19,24-28,32,34H,3-4,6-7,20-23H2,1-2H3;2-9,18-20,23-26H,10-17H2,1H3/b8-5+,15-14+;3-2?,9-8+. The number of allylic oxidation sites excluding steroid dienone is 4. The topological polar surface area (TPSA) is 9.23 Å². The van der Waals surface area contributed by atoms with Crippen molar-refractivity contribution in [2.75, 3.05) is 0 Å². The van der Waals surface area contributed by atoms with E-state index in [0.29, 0.717) is 24.7 Å². The summed E-state index contributed by atoms with van der Waals surface area (Å²) in [5.41, 5.74) is 10.6. The summed E-state index contributed by atoms with van der Waals surface area (Å²) in [5, 5.41) is 0. The van der Waals surface area contributed by atoms with E-state index in [4.69, 9.17) is 0 Å². The van der Waals surface area contributed by atoms with E-state index in [0.717, 1.165) is 78.2 Å². The second kappa shape index (κ2) is 28.2. The molecule has 3 fully saturated rings. The minimum atomic E-state index is -4.88. The van der Waals surface area contributed by atoms with Gasteiger partial charge in [-0.3, -0.25) is 0 Å². The molecule has 0 spiro atoms. The zero-order chi connectivity index (χ0) is 52.3. The van der Waals surface area contributed by atoms with Crippen LogP contribution in [0.15, 0.2) is 146 Å². The van der Waals surface area contributed by atoms with Gasteiger partial charge in [0.1, 0.15) is 0 Å². The van der Waals surface area contributed by atoms with E-state index in [-0.39, 0.29) is 5.92 Å². The maximum atomic E-state index is 14.1. The van der Waals surface area contributed by atoms with Gasteiger partial charge in [-0.25, -0.2) is 4.39 Å². The largest absolute Gasteiger partial charge is 0.573 e. The molecule has 0 aliphatic heterocycles. The van der Waals surface area contributed by atoms with Crippen molar-refractivity contribution >= 4 is 30.4 Å². The van der Waals surface area contributed by atoms with Crippen LogP contribution in [0, 0.1) is 35.4 Å². The van der Waals surface area contributed by atoms with Gasteiger partial charge in [0.25, 0.3) is 6.08 Å². The second-order valence-electron chi connectivity index (χ2n) is 21.1. The molecule has 3 aliphatic rings. The van der Waals surface area contributed by atoms with E-state index in [9.17, 15) is 26.3 Å². The summed E-state index contributed by atoms with van der Waals surface area (Å²) in [5.74, 6) is 3.12. The summed E-state index contributed by atoms with van der Waals surface area (Å²) in [6.45, 7) is 6.78. The highest BCUT2D eigenvalue weighted by molar-refractivity contribution is 5.72. The first-order chi connectivity index (χ1) is 35.8. The Balaban J connectivity index is 0.000000217. The molecule has 5 aromatic rings. The molecule has 5 aromatic carbocycles. The van der Waals surface area contributed by atoms with Gasteiger partial charge >= 0.3 is 6.36 Å². The monoisotopic (exact) mass is 1010 g/mol. The van der Waals surface area contributed by atoms with Gasteiger partial charge in [0.15, 0.2) is 11.6 Å². The molecule has 3 aliphatic carbocycles. The van der Waals surface area contributed by atoms with Gasteiger partial charge in [-0.2, -0.15) is 8.78 Å². The molecular formula is C67H76F6O. The molecule has 0 amide bonds. The quantitative estimate of drug-likeness (QED) is 0.0512.